The molecule has 0 unspecified atom stereocenters. The molecular weight excluding hydrogens is 257 g/mol. The van der Waals surface area contributed by atoms with Gasteiger partial charge in [-0.05, 0) is 37.5 Å². The summed E-state index contributed by atoms with van der Waals surface area (Å²) in [4.78, 5) is 0. The summed E-state index contributed by atoms with van der Waals surface area (Å²) in [5.41, 5.74) is 1.86. The molecule has 3 rings (SSSR count). The lowest BCUT2D eigenvalue weighted by molar-refractivity contribution is 0.509. The first kappa shape index (κ1) is 11.4. The molecule has 1 aliphatic rings. The van der Waals surface area contributed by atoms with Gasteiger partial charge in [-0.25, -0.2) is 0 Å². The van der Waals surface area contributed by atoms with Crippen LogP contribution in [0, 0.1) is 6.92 Å². The van der Waals surface area contributed by atoms with E-state index in [2.05, 4.69) is 5.32 Å². The molecule has 1 aromatic heterocycles. The molecule has 0 saturated heterocycles. The number of rotatable bonds is 3. The minimum Gasteiger partial charge on any atom is -0.458 e. The Hall–Kier alpha value is -0.700. The lowest BCUT2D eigenvalue weighted by Crippen LogP contribution is -2.15. The Morgan fingerprint density at radius 2 is 2.12 bits per heavy atom. The summed E-state index contributed by atoms with van der Waals surface area (Å²) in [5.74, 6) is 0.955. The standard InChI is InChI=1S/C13H13Cl2NO/c1-7-10-4-8(14)5-11(15)13(10)17-12(7)6-16-9-2-3-9/h4-5,9,16H,2-3,6H2,1H3. The molecule has 1 heterocycles. The van der Waals surface area contributed by atoms with Crippen LogP contribution in [-0.4, -0.2) is 6.04 Å². The van der Waals surface area contributed by atoms with Crippen LogP contribution in [0.5, 0.6) is 0 Å². The van der Waals surface area contributed by atoms with Gasteiger partial charge in [0.05, 0.1) is 11.6 Å². The average Bonchev–Trinajstić information content (AvgIpc) is 3.04. The molecule has 1 aromatic carbocycles. The van der Waals surface area contributed by atoms with Crippen LogP contribution in [0.3, 0.4) is 0 Å². The second-order valence-corrected chi connectivity index (χ2v) is 5.41. The smallest absolute Gasteiger partial charge is 0.153 e. The zero-order valence-electron chi connectivity index (χ0n) is 9.52. The van der Waals surface area contributed by atoms with Gasteiger partial charge in [-0.3, -0.25) is 0 Å². The van der Waals surface area contributed by atoms with Crippen LogP contribution in [0.15, 0.2) is 16.5 Å². The molecule has 2 aromatic rings. The minimum atomic E-state index is 0.577. The molecule has 0 bridgehead atoms. The van der Waals surface area contributed by atoms with Gasteiger partial charge in [0, 0.05) is 16.5 Å². The van der Waals surface area contributed by atoms with E-state index in [4.69, 9.17) is 27.6 Å². The van der Waals surface area contributed by atoms with Crippen molar-refractivity contribution in [1.82, 2.24) is 5.32 Å². The van der Waals surface area contributed by atoms with Gasteiger partial charge in [0.25, 0.3) is 0 Å². The summed E-state index contributed by atoms with van der Waals surface area (Å²) in [6.45, 7) is 2.81. The zero-order valence-corrected chi connectivity index (χ0v) is 11.0. The largest absolute Gasteiger partial charge is 0.458 e. The van der Waals surface area contributed by atoms with Gasteiger partial charge in [-0.1, -0.05) is 23.2 Å². The van der Waals surface area contributed by atoms with Gasteiger partial charge in [0.1, 0.15) is 5.76 Å². The number of hydrogen-bond donors (Lipinski definition) is 1. The highest BCUT2D eigenvalue weighted by Crippen LogP contribution is 2.34. The van der Waals surface area contributed by atoms with Gasteiger partial charge in [-0.2, -0.15) is 0 Å². The molecule has 2 nitrogen and oxygen atoms in total. The molecular formula is C13H13Cl2NO. The van der Waals surface area contributed by atoms with E-state index in [9.17, 15) is 0 Å². The van der Waals surface area contributed by atoms with E-state index in [1.165, 1.54) is 12.8 Å². The molecule has 17 heavy (non-hydrogen) atoms. The molecule has 1 N–H and O–H groups in total. The summed E-state index contributed by atoms with van der Waals surface area (Å²) in [5, 5.41) is 5.67. The SMILES string of the molecule is Cc1c(CNC2CC2)oc2c(Cl)cc(Cl)cc12. The van der Waals surface area contributed by atoms with E-state index >= 15 is 0 Å². The predicted molar refractivity (Wildman–Crippen MR) is 70.8 cm³/mol. The van der Waals surface area contributed by atoms with E-state index in [1.54, 1.807) is 6.07 Å². The van der Waals surface area contributed by atoms with E-state index < -0.39 is 0 Å². The van der Waals surface area contributed by atoms with Crippen molar-refractivity contribution < 1.29 is 4.42 Å². The minimum absolute atomic E-state index is 0.577. The maximum Gasteiger partial charge on any atom is 0.153 e. The van der Waals surface area contributed by atoms with Crippen LogP contribution in [0.1, 0.15) is 24.2 Å². The topological polar surface area (TPSA) is 25.2 Å². The van der Waals surface area contributed by atoms with Gasteiger partial charge in [0.15, 0.2) is 5.58 Å². The maximum absolute atomic E-state index is 6.12. The quantitative estimate of drug-likeness (QED) is 0.899. The third-order valence-electron chi connectivity index (χ3n) is 3.18. The van der Waals surface area contributed by atoms with Crippen LogP contribution >= 0.6 is 23.2 Å². The molecule has 1 fully saturated rings. The van der Waals surface area contributed by atoms with Gasteiger partial charge < -0.3 is 9.73 Å². The molecule has 0 spiro atoms. The summed E-state index contributed by atoms with van der Waals surface area (Å²) in [6.07, 6.45) is 2.54. The van der Waals surface area contributed by atoms with Crippen molar-refractivity contribution in [2.45, 2.75) is 32.4 Å². The van der Waals surface area contributed by atoms with Crippen molar-refractivity contribution >= 4 is 34.2 Å². The van der Waals surface area contributed by atoms with E-state index in [0.29, 0.717) is 16.1 Å². The van der Waals surface area contributed by atoms with Crippen molar-refractivity contribution in [1.29, 1.82) is 0 Å². The molecule has 0 atom stereocenters. The highest BCUT2D eigenvalue weighted by Gasteiger charge is 2.22. The first-order chi connectivity index (χ1) is 8.15. The van der Waals surface area contributed by atoms with Crippen LogP contribution in [0.25, 0.3) is 11.0 Å². The number of furan rings is 1. The Balaban J connectivity index is 2.01. The predicted octanol–water partition coefficient (Wildman–Crippen LogP) is 4.30. The van der Waals surface area contributed by atoms with Gasteiger partial charge >= 0.3 is 0 Å². The first-order valence-corrected chi connectivity index (χ1v) is 6.51. The number of hydrogen-bond acceptors (Lipinski definition) is 2. The van der Waals surface area contributed by atoms with Crippen molar-refractivity contribution in [3.63, 3.8) is 0 Å². The zero-order chi connectivity index (χ0) is 12.0. The number of benzene rings is 1. The first-order valence-electron chi connectivity index (χ1n) is 5.75. The fourth-order valence-corrected chi connectivity index (χ4v) is 2.52. The Morgan fingerprint density at radius 3 is 2.82 bits per heavy atom. The number of fused-ring (bicyclic) bond motifs is 1. The van der Waals surface area contributed by atoms with E-state index in [-0.39, 0.29) is 0 Å². The Bertz CT molecular complexity index is 572. The van der Waals surface area contributed by atoms with Crippen LogP contribution in [0.2, 0.25) is 10.0 Å². The third-order valence-corrected chi connectivity index (χ3v) is 3.68. The van der Waals surface area contributed by atoms with Gasteiger partial charge in [-0.15, -0.1) is 0 Å². The normalized spacial score (nSPS) is 15.7. The van der Waals surface area contributed by atoms with Crippen molar-refractivity contribution in [2.24, 2.45) is 0 Å². The summed E-state index contributed by atoms with van der Waals surface area (Å²) < 4.78 is 5.81. The third kappa shape index (κ3) is 2.17. The number of aryl methyl sites for hydroxylation is 1. The summed E-state index contributed by atoms with van der Waals surface area (Å²) in [7, 11) is 0. The van der Waals surface area contributed by atoms with Crippen LogP contribution in [0.4, 0.5) is 0 Å². The average molecular weight is 270 g/mol. The number of nitrogens with one attached hydrogen (secondary N) is 1. The molecule has 0 amide bonds. The Labute approximate surface area is 110 Å². The number of halogens is 2. The van der Waals surface area contributed by atoms with Crippen molar-refractivity contribution in [3.8, 4) is 0 Å². The Morgan fingerprint density at radius 1 is 1.35 bits per heavy atom. The molecule has 0 aliphatic heterocycles. The highest BCUT2D eigenvalue weighted by atomic mass is 35.5. The van der Waals surface area contributed by atoms with Crippen molar-refractivity contribution in [2.75, 3.05) is 0 Å². The lowest BCUT2D eigenvalue weighted by atomic mass is 10.1. The van der Waals surface area contributed by atoms with Crippen LogP contribution < -0.4 is 5.32 Å². The fraction of sp³-hybridized carbons (Fsp3) is 0.385. The van der Waals surface area contributed by atoms with Crippen LogP contribution in [-0.2, 0) is 6.54 Å². The highest BCUT2D eigenvalue weighted by molar-refractivity contribution is 6.38. The molecule has 4 heteroatoms. The second-order valence-electron chi connectivity index (χ2n) is 4.57. The second kappa shape index (κ2) is 4.20. The lowest BCUT2D eigenvalue weighted by Gasteiger charge is -1.99. The molecule has 90 valence electrons. The fourth-order valence-electron chi connectivity index (χ4n) is 1.99. The molecule has 1 aliphatic carbocycles. The summed E-state index contributed by atoms with van der Waals surface area (Å²) in [6, 6.07) is 4.29. The van der Waals surface area contributed by atoms with E-state index in [0.717, 1.165) is 28.8 Å². The summed E-state index contributed by atoms with van der Waals surface area (Å²) >= 11 is 12.1. The Kier molecular flexibility index (Phi) is 2.81. The van der Waals surface area contributed by atoms with E-state index in [1.807, 2.05) is 13.0 Å². The van der Waals surface area contributed by atoms with Crippen molar-refractivity contribution in [3.05, 3.63) is 33.5 Å². The molecule has 1 saturated carbocycles. The molecule has 0 radical (unpaired) electrons. The monoisotopic (exact) mass is 269 g/mol. The maximum atomic E-state index is 6.12. The van der Waals surface area contributed by atoms with Gasteiger partial charge in [0.2, 0.25) is 0 Å².